The molecule has 6 nitrogen and oxygen atoms in total. The molecule has 1 aliphatic heterocycles. The van der Waals surface area contributed by atoms with E-state index in [1.54, 1.807) is 0 Å². The number of nitrogens with zero attached hydrogens (tertiary/aromatic N) is 2. The summed E-state index contributed by atoms with van der Waals surface area (Å²) in [4.78, 5) is 30.6. The van der Waals surface area contributed by atoms with Crippen LogP contribution in [0.4, 0.5) is 13.2 Å². The van der Waals surface area contributed by atoms with Crippen LogP contribution < -0.4 is 15.6 Å². The zero-order chi connectivity index (χ0) is 22.0. The lowest BCUT2D eigenvalue weighted by Crippen LogP contribution is -2.34. The van der Waals surface area contributed by atoms with Crippen molar-refractivity contribution in [3.8, 4) is 11.4 Å². The molecular formula is C20H20F3N3O3S2. The van der Waals surface area contributed by atoms with Crippen molar-refractivity contribution in [1.29, 1.82) is 0 Å². The van der Waals surface area contributed by atoms with Gasteiger partial charge in [0.05, 0.1) is 22.0 Å². The number of hydrogen-bond acceptors (Lipinski definition) is 6. The van der Waals surface area contributed by atoms with Gasteiger partial charge in [0.25, 0.3) is 5.56 Å². The van der Waals surface area contributed by atoms with Gasteiger partial charge in [0, 0.05) is 18.2 Å². The van der Waals surface area contributed by atoms with Gasteiger partial charge < -0.3 is 10.1 Å². The summed E-state index contributed by atoms with van der Waals surface area (Å²) in [7, 11) is 0. The molecule has 31 heavy (non-hydrogen) atoms. The van der Waals surface area contributed by atoms with Gasteiger partial charge in [-0.1, -0.05) is 24.6 Å². The number of aromatic nitrogens is 2. The first-order chi connectivity index (χ1) is 14.8. The third kappa shape index (κ3) is 5.38. The SMILES string of the molecule is O=C(CSc1nc2c(c(=O)n1-c1ccc(OC(F)(F)F)cc1)SCC2)NC1CCCC1. The summed E-state index contributed by atoms with van der Waals surface area (Å²) in [5.41, 5.74) is 0.777. The Labute approximate surface area is 185 Å². The van der Waals surface area contributed by atoms with Crippen molar-refractivity contribution < 1.29 is 22.7 Å². The predicted molar refractivity (Wildman–Crippen MR) is 112 cm³/mol. The lowest BCUT2D eigenvalue weighted by Gasteiger charge is -2.15. The number of thioether (sulfide) groups is 2. The van der Waals surface area contributed by atoms with Crippen molar-refractivity contribution in [3.63, 3.8) is 0 Å². The van der Waals surface area contributed by atoms with Crippen LogP contribution in [0.3, 0.4) is 0 Å². The number of aryl methyl sites for hydroxylation is 1. The van der Waals surface area contributed by atoms with Gasteiger partial charge in [-0.15, -0.1) is 24.9 Å². The quantitative estimate of drug-likeness (QED) is 0.509. The first kappa shape index (κ1) is 22.1. The van der Waals surface area contributed by atoms with Gasteiger partial charge in [0.2, 0.25) is 5.91 Å². The minimum atomic E-state index is -4.79. The molecule has 1 saturated carbocycles. The van der Waals surface area contributed by atoms with E-state index in [-0.39, 0.29) is 29.0 Å². The fourth-order valence-electron chi connectivity index (χ4n) is 3.68. The van der Waals surface area contributed by atoms with Gasteiger partial charge >= 0.3 is 6.36 Å². The van der Waals surface area contributed by atoms with Crippen LogP contribution >= 0.6 is 23.5 Å². The topological polar surface area (TPSA) is 73.2 Å². The second kappa shape index (κ2) is 9.15. The zero-order valence-corrected chi connectivity index (χ0v) is 18.0. The number of halogens is 3. The summed E-state index contributed by atoms with van der Waals surface area (Å²) in [6.07, 6.45) is 0.0308. The third-order valence-electron chi connectivity index (χ3n) is 5.05. The normalized spacial score (nSPS) is 16.4. The molecule has 0 radical (unpaired) electrons. The molecule has 4 rings (SSSR count). The molecule has 166 valence electrons. The Morgan fingerprint density at radius 1 is 1.26 bits per heavy atom. The Kier molecular flexibility index (Phi) is 6.52. The Hall–Kier alpha value is -2.14. The monoisotopic (exact) mass is 471 g/mol. The molecule has 2 aromatic rings. The summed E-state index contributed by atoms with van der Waals surface area (Å²) in [6.45, 7) is 0. The second-order valence-electron chi connectivity index (χ2n) is 7.29. The maximum Gasteiger partial charge on any atom is 0.573 e. The highest BCUT2D eigenvalue weighted by Crippen LogP contribution is 2.31. The summed E-state index contributed by atoms with van der Waals surface area (Å²) < 4.78 is 42.6. The molecule has 2 heterocycles. The van der Waals surface area contributed by atoms with Crippen molar-refractivity contribution in [3.05, 3.63) is 40.3 Å². The number of fused-ring (bicyclic) bond motifs is 1. The van der Waals surface area contributed by atoms with E-state index in [9.17, 15) is 22.8 Å². The summed E-state index contributed by atoms with van der Waals surface area (Å²) in [6, 6.07) is 5.24. The fourth-order valence-corrected chi connectivity index (χ4v) is 5.55. The molecule has 0 spiro atoms. The highest BCUT2D eigenvalue weighted by molar-refractivity contribution is 8.00. The van der Waals surface area contributed by atoms with Crippen LogP contribution in [0.2, 0.25) is 0 Å². The van der Waals surface area contributed by atoms with E-state index < -0.39 is 6.36 Å². The number of hydrogen-bond donors (Lipinski definition) is 1. The molecule has 1 aromatic heterocycles. The summed E-state index contributed by atoms with van der Waals surface area (Å²) in [5.74, 6) is 0.343. The highest BCUT2D eigenvalue weighted by atomic mass is 32.2. The van der Waals surface area contributed by atoms with Crippen molar-refractivity contribution in [1.82, 2.24) is 14.9 Å². The molecule has 0 bridgehead atoms. The van der Waals surface area contributed by atoms with E-state index in [0.717, 1.165) is 55.3 Å². The van der Waals surface area contributed by atoms with E-state index >= 15 is 0 Å². The Balaban J connectivity index is 1.59. The molecule has 0 saturated heterocycles. The predicted octanol–water partition coefficient (Wildman–Crippen LogP) is 3.93. The number of nitrogens with one attached hydrogen (secondary N) is 1. The van der Waals surface area contributed by atoms with Gasteiger partial charge in [0.15, 0.2) is 5.16 Å². The van der Waals surface area contributed by atoms with Crippen LogP contribution in [0.15, 0.2) is 39.1 Å². The molecular weight excluding hydrogens is 451 g/mol. The van der Waals surface area contributed by atoms with Crippen LogP contribution in [0, 0.1) is 0 Å². The number of carbonyl (C=O) groups excluding carboxylic acids is 1. The number of amides is 1. The first-order valence-corrected chi connectivity index (χ1v) is 11.8. The van der Waals surface area contributed by atoms with Crippen molar-refractivity contribution in [2.24, 2.45) is 0 Å². The average molecular weight is 472 g/mol. The van der Waals surface area contributed by atoms with Gasteiger partial charge in [-0.05, 0) is 37.1 Å². The molecule has 1 aromatic carbocycles. The van der Waals surface area contributed by atoms with Crippen molar-refractivity contribution in [2.75, 3.05) is 11.5 Å². The van der Waals surface area contributed by atoms with E-state index in [1.165, 1.54) is 28.5 Å². The smallest absolute Gasteiger partial charge is 0.406 e. The van der Waals surface area contributed by atoms with E-state index in [1.807, 2.05) is 0 Å². The van der Waals surface area contributed by atoms with Gasteiger partial charge in [-0.3, -0.25) is 14.2 Å². The van der Waals surface area contributed by atoms with E-state index in [4.69, 9.17) is 0 Å². The molecule has 1 aliphatic carbocycles. The molecule has 0 atom stereocenters. The Morgan fingerprint density at radius 2 is 1.97 bits per heavy atom. The summed E-state index contributed by atoms with van der Waals surface area (Å²) in [5, 5.41) is 3.35. The van der Waals surface area contributed by atoms with Gasteiger partial charge in [-0.2, -0.15) is 0 Å². The molecule has 2 aliphatic rings. The molecule has 1 fully saturated rings. The van der Waals surface area contributed by atoms with Crippen LogP contribution in [-0.2, 0) is 11.2 Å². The molecule has 0 unspecified atom stereocenters. The van der Waals surface area contributed by atoms with E-state index in [2.05, 4.69) is 15.0 Å². The Bertz CT molecular complexity index is 1020. The highest BCUT2D eigenvalue weighted by Gasteiger charge is 2.31. The first-order valence-electron chi connectivity index (χ1n) is 9.87. The van der Waals surface area contributed by atoms with E-state index in [0.29, 0.717) is 27.9 Å². The zero-order valence-electron chi connectivity index (χ0n) is 16.4. The largest absolute Gasteiger partial charge is 0.573 e. The van der Waals surface area contributed by atoms with Crippen LogP contribution in [-0.4, -0.2) is 39.4 Å². The molecule has 1 N–H and O–H groups in total. The van der Waals surface area contributed by atoms with Gasteiger partial charge in [-0.25, -0.2) is 4.98 Å². The minimum absolute atomic E-state index is 0.101. The van der Waals surface area contributed by atoms with Crippen LogP contribution in [0.1, 0.15) is 31.4 Å². The van der Waals surface area contributed by atoms with Crippen molar-refractivity contribution in [2.45, 2.75) is 54.6 Å². The number of rotatable bonds is 6. The summed E-state index contributed by atoms with van der Waals surface area (Å²) >= 11 is 2.56. The lowest BCUT2D eigenvalue weighted by molar-refractivity contribution is -0.274. The fraction of sp³-hybridized carbons (Fsp3) is 0.450. The second-order valence-corrected chi connectivity index (χ2v) is 9.34. The third-order valence-corrected chi connectivity index (χ3v) is 7.09. The van der Waals surface area contributed by atoms with Crippen molar-refractivity contribution >= 4 is 29.4 Å². The molecule has 1 amide bonds. The number of benzene rings is 1. The minimum Gasteiger partial charge on any atom is -0.406 e. The standard InChI is InChI=1S/C20H20F3N3O3S2/c21-20(22,23)29-14-7-5-13(6-8-14)26-18(28)17-15(9-10-30-17)25-19(26)31-11-16(27)24-12-3-1-2-4-12/h5-8,12H,1-4,9-11H2,(H,24,27). The maximum atomic E-state index is 13.1. The molecule has 11 heteroatoms. The van der Waals surface area contributed by atoms with Gasteiger partial charge in [0.1, 0.15) is 5.75 Å². The number of alkyl halides is 3. The van der Waals surface area contributed by atoms with Crippen LogP contribution in [0.25, 0.3) is 5.69 Å². The Morgan fingerprint density at radius 3 is 2.65 bits per heavy atom. The van der Waals surface area contributed by atoms with Crippen LogP contribution in [0.5, 0.6) is 5.75 Å². The average Bonchev–Trinajstić information content (AvgIpc) is 3.38. The number of ether oxygens (including phenoxy) is 1. The maximum absolute atomic E-state index is 13.1. The number of carbonyl (C=O) groups is 1. The lowest BCUT2D eigenvalue weighted by atomic mass is 10.2.